The lowest BCUT2D eigenvalue weighted by Gasteiger charge is -2.08. The molecule has 2 aromatic heterocycles. The Bertz CT molecular complexity index is 1140. The molecule has 0 saturated carbocycles. The predicted octanol–water partition coefficient (Wildman–Crippen LogP) is 2.70. The first-order valence-corrected chi connectivity index (χ1v) is 9.60. The largest absolute Gasteiger partial charge is 0.456 e. The molecule has 156 valence electrons. The number of nitro groups is 1. The summed E-state index contributed by atoms with van der Waals surface area (Å²) >= 11 is 7.23. The maximum absolute atomic E-state index is 11.9. The lowest BCUT2D eigenvalue weighted by atomic mass is 10.3. The van der Waals surface area contributed by atoms with E-state index in [1.807, 2.05) is 0 Å². The number of aromatic nitrogens is 2. The SMILES string of the molecule is O=C(COC(=O)CCn1nc(-c2cccs2)oc1=O)Nc1ccc([N+](=O)[O-])cc1Cl. The van der Waals surface area contributed by atoms with E-state index >= 15 is 0 Å². The minimum atomic E-state index is -0.729. The Kier molecular flexibility index (Phi) is 6.59. The molecule has 0 bridgehead atoms. The number of amides is 1. The first-order chi connectivity index (χ1) is 14.3. The van der Waals surface area contributed by atoms with Gasteiger partial charge in [-0.1, -0.05) is 17.7 Å². The number of carbonyl (C=O) groups is 2. The van der Waals surface area contributed by atoms with Gasteiger partial charge in [-0.25, -0.2) is 4.79 Å². The van der Waals surface area contributed by atoms with Gasteiger partial charge in [0, 0.05) is 12.1 Å². The van der Waals surface area contributed by atoms with E-state index < -0.39 is 29.2 Å². The first-order valence-electron chi connectivity index (χ1n) is 8.34. The molecule has 0 spiro atoms. The minimum absolute atomic E-state index is 0.0316. The zero-order valence-electron chi connectivity index (χ0n) is 15.1. The second kappa shape index (κ2) is 9.33. The summed E-state index contributed by atoms with van der Waals surface area (Å²) in [6, 6.07) is 7.05. The zero-order chi connectivity index (χ0) is 21.7. The third-order valence-corrected chi connectivity index (χ3v) is 4.84. The Balaban J connectivity index is 1.47. The molecule has 3 rings (SSSR count). The van der Waals surface area contributed by atoms with Crippen molar-refractivity contribution >= 4 is 46.2 Å². The van der Waals surface area contributed by atoms with E-state index in [2.05, 4.69) is 10.4 Å². The number of anilines is 1. The molecule has 0 atom stereocenters. The zero-order valence-corrected chi connectivity index (χ0v) is 16.6. The lowest BCUT2D eigenvalue weighted by molar-refractivity contribution is -0.384. The van der Waals surface area contributed by atoms with Crippen molar-refractivity contribution in [2.75, 3.05) is 11.9 Å². The second-order valence-corrected chi connectivity index (χ2v) is 7.11. The first kappa shape index (κ1) is 21.2. The van der Waals surface area contributed by atoms with Crippen LogP contribution in [0.5, 0.6) is 0 Å². The Morgan fingerprint density at radius 3 is 2.83 bits per heavy atom. The number of nitro benzene ring substituents is 1. The molecule has 11 nitrogen and oxygen atoms in total. The van der Waals surface area contributed by atoms with Crippen LogP contribution in [0.25, 0.3) is 10.8 Å². The van der Waals surface area contributed by atoms with Crippen LogP contribution >= 0.6 is 22.9 Å². The van der Waals surface area contributed by atoms with Crippen LogP contribution in [0.3, 0.4) is 0 Å². The van der Waals surface area contributed by atoms with Gasteiger partial charge in [-0.15, -0.1) is 16.4 Å². The summed E-state index contributed by atoms with van der Waals surface area (Å²) in [6.07, 6.45) is -0.206. The van der Waals surface area contributed by atoms with Gasteiger partial charge in [0.05, 0.1) is 33.5 Å². The van der Waals surface area contributed by atoms with Gasteiger partial charge in [0.15, 0.2) is 6.61 Å². The van der Waals surface area contributed by atoms with Gasteiger partial charge in [-0.2, -0.15) is 4.68 Å². The molecule has 0 radical (unpaired) electrons. The number of benzene rings is 1. The average molecular weight is 453 g/mol. The van der Waals surface area contributed by atoms with Crippen LogP contribution in [0, 0.1) is 10.1 Å². The number of esters is 1. The highest BCUT2D eigenvalue weighted by Crippen LogP contribution is 2.26. The van der Waals surface area contributed by atoms with Crippen molar-refractivity contribution in [3.05, 3.63) is 61.4 Å². The Hall–Kier alpha value is -3.51. The molecule has 0 aliphatic rings. The van der Waals surface area contributed by atoms with Gasteiger partial charge >= 0.3 is 11.7 Å². The number of carbonyl (C=O) groups excluding carboxylic acids is 2. The van der Waals surface area contributed by atoms with E-state index in [1.54, 1.807) is 17.5 Å². The normalized spacial score (nSPS) is 10.6. The summed E-state index contributed by atoms with van der Waals surface area (Å²) in [6.45, 7) is -0.678. The second-order valence-electron chi connectivity index (χ2n) is 5.75. The lowest BCUT2D eigenvalue weighted by Crippen LogP contribution is -2.23. The topological polar surface area (TPSA) is 147 Å². The molecule has 0 saturated heterocycles. The highest BCUT2D eigenvalue weighted by molar-refractivity contribution is 7.13. The Labute approximate surface area is 177 Å². The maximum Gasteiger partial charge on any atom is 0.437 e. The number of halogens is 1. The number of rotatable bonds is 8. The van der Waals surface area contributed by atoms with Crippen molar-refractivity contribution in [3.8, 4) is 10.8 Å². The molecule has 1 aromatic carbocycles. The van der Waals surface area contributed by atoms with E-state index in [1.165, 1.54) is 23.5 Å². The molecule has 3 aromatic rings. The predicted molar refractivity (Wildman–Crippen MR) is 106 cm³/mol. The molecule has 30 heavy (non-hydrogen) atoms. The number of aryl methyl sites for hydroxylation is 1. The van der Waals surface area contributed by atoms with E-state index in [0.29, 0.717) is 4.88 Å². The summed E-state index contributed by atoms with van der Waals surface area (Å²) in [5, 5.41) is 18.8. The van der Waals surface area contributed by atoms with E-state index in [9.17, 15) is 24.5 Å². The summed E-state index contributed by atoms with van der Waals surface area (Å²) in [5.74, 6) is -1.97. The Morgan fingerprint density at radius 2 is 2.17 bits per heavy atom. The number of nitrogens with zero attached hydrogens (tertiary/aromatic N) is 3. The smallest absolute Gasteiger partial charge is 0.437 e. The number of hydrogen-bond donors (Lipinski definition) is 1. The monoisotopic (exact) mass is 452 g/mol. The van der Waals surface area contributed by atoms with Crippen LogP contribution in [0.1, 0.15) is 6.42 Å². The van der Waals surface area contributed by atoms with Gasteiger partial charge in [0.25, 0.3) is 17.5 Å². The maximum atomic E-state index is 11.9. The molecule has 0 fully saturated rings. The fraction of sp³-hybridized carbons (Fsp3) is 0.176. The number of ether oxygens (including phenoxy) is 1. The van der Waals surface area contributed by atoms with E-state index in [-0.39, 0.29) is 35.3 Å². The van der Waals surface area contributed by atoms with E-state index in [4.69, 9.17) is 20.8 Å². The van der Waals surface area contributed by atoms with Crippen molar-refractivity contribution in [2.45, 2.75) is 13.0 Å². The summed E-state index contributed by atoms with van der Waals surface area (Å²) in [7, 11) is 0. The molecule has 0 aliphatic carbocycles. The highest BCUT2D eigenvalue weighted by atomic mass is 35.5. The molecule has 1 amide bonds. The van der Waals surface area contributed by atoms with Crippen LogP contribution in [-0.2, 0) is 20.9 Å². The van der Waals surface area contributed by atoms with Gasteiger partial charge in [-0.3, -0.25) is 19.7 Å². The van der Waals surface area contributed by atoms with Crippen molar-refractivity contribution in [2.24, 2.45) is 0 Å². The fourth-order valence-corrected chi connectivity index (χ4v) is 3.13. The van der Waals surface area contributed by atoms with Crippen molar-refractivity contribution < 1.29 is 23.7 Å². The molecule has 2 heterocycles. The van der Waals surface area contributed by atoms with Crippen molar-refractivity contribution in [1.82, 2.24) is 9.78 Å². The van der Waals surface area contributed by atoms with Gasteiger partial charge < -0.3 is 14.5 Å². The molecular formula is C17H13ClN4O7S. The summed E-state index contributed by atoms with van der Waals surface area (Å²) in [5.41, 5.74) is -0.0895. The van der Waals surface area contributed by atoms with Crippen LogP contribution in [-0.4, -0.2) is 33.2 Å². The molecular weight excluding hydrogens is 440 g/mol. The van der Waals surface area contributed by atoms with Gasteiger partial charge in [-0.05, 0) is 17.5 Å². The Morgan fingerprint density at radius 1 is 1.37 bits per heavy atom. The fourth-order valence-electron chi connectivity index (χ4n) is 2.27. The number of hydrogen-bond acceptors (Lipinski definition) is 9. The van der Waals surface area contributed by atoms with Crippen LogP contribution in [0.15, 0.2) is 44.9 Å². The summed E-state index contributed by atoms with van der Waals surface area (Å²) < 4.78 is 10.9. The van der Waals surface area contributed by atoms with Crippen molar-refractivity contribution in [3.63, 3.8) is 0 Å². The van der Waals surface area contributed by atoms with Crippen LogP contribution in [0.4, 0.5) is 11.4 Å². The number of non-ortho nitro benzene ring substituents is 1. The molecule has 13 heteroatoms. The standard InChI is InChI=1S/C17H13ClN4O7S/c18-11-8-10(22(26)27)3-4-12(11)19-14(23)9-28-15(24)5-6-21-17(25)29-16(20-21)13-2-1-7-30-13/h1-4,7-8H,5-6,9H2,(H,19,23). The quantitative estimate of drug-likeness (QED) is 0.311. The van der Waals surface area contributed by atoms with Crippen molar-refractivity contribution in [1.29, 1.82) is 0 Å². The minimum Gasteiger partial charge on any atom is -0.456 e. The number of thiophene rings is 1. The van der Waals surface area contributed by atoms with E-state index in [0.717, 1.165) is 10.7 Å². The average Bonchev–Trinajstić information content (AvgIpc) is 3.36. The third kappa shape index (κ3) is 5.30. The van der Waals surface area contributed by atoms with Crippen LogP contribution < -0.4 is 11.1 Å². The van der Waals surface area contributed by atoms with Gasteiger partial charge in [0.2, 0.25) is 0 Å². The third-order valence-electron chi connectivity index (χ3n) is 3.67. The number of nitrogens with one attached hydrogen (secondary N) is 1. The highest BCUT2D eigenvalue weighted by Gasteiger charge is 2.15. The molecule has 0 unspecified atom stereocenters. The molecule has 0 aliphatic heterocycles. The summed E-state index contributed by atoms with van der Waals surface area (Å²) in [4.78, 5) is 46.2. The molecule has 1 N–H and O–H groups in total. The van der Waals surface area contributed by atoms with Crippen LogP contribution in [0.2, 0.25) is 5.02 Å². The van der Waals surface area contributed by atoms with Gasteiger partial charge in [0.1, 0.15) is 0 Å².